The molecule has 3 atom stereocenters. The summed E-state index contributed by atoms with van der Waals surface area (Å²) in [5.74, 6) is 1.36. The summed E-state index contributed by atoms with van der Waals surface area (Å²) in [6, 6.07) is 5.08. The van der Waals surface area contributed by atoms with Gasteiger partial charge in [0.25, 0.3) is 0 Å². The highest BCUT2D eigenvalue weighted by Crippen LogP contribution is 2.33. The number of hydrogen-bond acceptors (Lipinski definition) is 3. The number of carbonyl (C=O) groups excluding carboxylic acids is 1. The average molecular weight is 344 g/mol. The number of rotatable bonds is 4. The molecule has 1 aliphatic carbocycles. The lowest BCUT2D eigenvalue weighted by Crippen LogP contribution is -2.43. The zero-order valence-electron chi connectivity index (χ0n) is 14.6. The van der Waals surface area contributed by atoms with Crippen molar-refractivity contribution in [2.45, 2.75) is 50.6 Å². The molecule has 0 bridgehead atoms. The van der Waals surface area contributed by atoms with Crippen LogP contribution >= 0.6 is 0 Å². The van der Waals surface area contributed by atoms with E-state index in [9.17, 15) is 9.18 Å². The molecule has 1 saturated heterocycles. The van der Waals surface area contributed by atoms with E-state index in [0.717, 1.165) is 23.3 Å². The van der Waals surface area contributed by atoms with Crippen molar-refractivity contribution in [2.75, 3.05) is 6.54 Å². The molecule has 4 rings (SSSR count). The van der Waals surface area contributed by atoms with E-state index in [0.29, 0.717) is 24.9 Å². The summed E-state index contributed by atoms with van der Waals surface area (Å²) in [6.45, 7) is 0.548. The van der Waals surface area contributed by atoms with Crippen LogP contribution < -0.4 is 10.6 Å². The van der Waals surface area contributed by atoms with E-state index < -0.39 is 0 Å². The van der Waals surface area contributed by atoms with Gasteiger partial charge in [0.2, 0.25) is 5.91 Å². The molecular weight excluding hydrogens is 319 g/mol. The molecule has 0 radical (unpaired) electrons. The molecule has 0 spiro atoms. The Balaban J connectivity index is 1.33. The standard InChI is InChI=1S/C19H25FN4O/c1-24-17-11-13(20)6-7-15(17)23-18(24)8-9-21-19(25)16-10-12-4-2-3-5-14(12)22-16/h6-7,11-12,14,16,22H,2-5,8-10H2,1H3,(H,21,25). The van der Waals surface area contributed by atoms with E-state index in [1.807, 2.05) is 11.6 Å². The largest absolute Gasteiger partial charge is 0.354 e. The van der Waals surface area contributed by atoms with Gasteiger partial charge in [-0.15, -0.1) is 0 Å². The first-order chi connectivity index (χ1) is 12.1. The first-order valence-corrected chi connectivity index (χ1v) is 9.26. The second-order valence-electron chi connectivity index (χ2n) is 7.37. The molecule has 1 amide bonds. The minimum absolute atomic E-state index is 0.0531. The van der Waals surface area contributed by atoms with Crippen molar-refractivity contribution in [3.63, 3.8) is 0 Å². The number of fused-ring (bicyclic) bond motifs is 2. The maximum Gasteiger partial charge on any atom is 0.237 e. The lowest BCUT2D eigenvalue weighted by atomic mass is 9.85. The number of aromatic nitrogens is 2. The second kappa shape index (κ2) is 6.75. The Hall–Kier alpha value is -1.95. The number of amides is 1. The smallest absolute Gasteiger partial charge is 0.237 e. The SMILES string of the molecule is Cn1c(CCNC(=O)C2CC3CCCCC3N2)nc2ccc(F)cc21. The number of nitrogens with zero attached hydrogens (tertiary/aromatic N) is 2. The number of carbonyl (C=O) groups is 1. The highest BCUT2D eigenvalue weighted by molar-refractivity contribution is 5.82. The third kappa shape index (κ3) is 3.27. The van der Waals surface area contributed by atoms with Crippen LogP contribution in [0.25, 0.3) is 11.0 Å². The summed E-state index contributed by atoms with van der Waals surface area (Å²) in [4.78, 5) is 17.0. The third-order valence-corrected chi connectivity index (χ3v) is 5.76. The topological polar surface area (TPSA) is 59.0 Å². The zero-order chi connectivity index (χ0) is 17.4. The second-order valence-corrected chi connectivity index (χ2v) is 7.37. The maximum absolute atomic E-state index is 13.4. The lowest BCUT2D eigenvalue weighted by Gasteiger charge is -2.24. The molecule has 25 heavy (non-hydrogen) atoms. The van der Waals surface area contributed by atoms with Crippen LogP contribution in [-0.4, -0.2) is 34.1 Å². The Morgan fingerprint density at radius 2 is 2.24 bits per heavy atom. The summed E-state index contributed by atoms with van der Waals surface area (Å²) in [5.41, 5.74) is 1.56. The predicted octanol–water partition coefficient (Wildman–Crippen LogP) is 2.29. The van der Waals surface area contributed by atoms with Crippen LogP contribution in [0.1, 0.15) is 37.9 Å². The molecule has 1 aliphatic heterocycles. The highest BCUT2D eigenvalue weighted by atomic mass is 19.1. The third-order valence-electron chi connectivity index (χ3n) is 5.76. The van der Waals surface area contributed by atoms with Crippen molar-refractivity contribution < 1.29 is 9.18 Å². The van der Waals surface area contributed by atoms with Gasteiger partial charge in [-0.25, -0.2) is 9.37 Å². The van der Waals surface area contributed by atoms with Gasteiger partial charge in [-0.1, -0.05) is 12.8 Å². The molecule has 6 heteroatoms. The van der Waals surface area contributed by atoms with Crippen molar-refractivity contribution >= 4 is 16.9 Å². The molecule has 3 unspecified atom stereocenters. The Labute approximate surface area is 147 Å². The van der Waals surface area contributed by atoms with E-state index in [-0.39, 0.29) is 17.8 Å². The number of nitrogens with one attached hydrogen (secondary N) is 2. The van der Waals surface area contributed by atoms with Gasteiger partial charge in [-0.3, -0.25) is 4.79 Å². The fraction of sp³-hybridized carbons (Fsp3) is 0.579. The molecule has 2 aliphatic rings. The summed E-state index contributed by atoms with van der Waals surface area (Å²) in [5, 5.41) is 6.54. The Morgan fingerprint density at radius 1 is 1.40 bits per heavy atom. The minimum Gasteiger partial charge on any atom is -0.354 e. The lowest BCUT2D eigenvalue weighted by molar-refractivity contribution is -0.122. The van der Waals surface area contributed by atoms with Crippen molar-refractivity contribution in [3.05, 3.63) is 29.8 Å². The minimum atomic E-state index is -0.260. The monoisotopic (exact) mass is 344 g/mol. The van der Waals surface area contributed by atoms with Crippen LogP contribution in [0.2, 0.25) is 0 Å². The van der Waals surface area contributed by atoms with Gasteiger partial charge >= 0.3 is 0 Å². The normalized spacial score (nSPS) is 25.9. The number of benzene rings is 1. The summed E-state index contributed by atoms with van der Waals surface area (Å²) in [6.07, 6.45) is 6.61. The van der Waals surface area contributed by atoms with E-state index in [1.165, 1.54) is 37.8 Å². The number of imidazole rings is 1. The molecule has 1 aromatic carbocycles. The fourth-order valence-electron chi connectivity index (χ4n) is 4.38. The van der Waals surface area contributed by atoms with Crippen LogP contribution in [0.15, 0.2) is 18.2 Å². The molecule has 1 aromatic heterocycles. The molecule has 2 aromatic rings. The van der Waals surface area contributed by atoms with Crippen molar-refractivity contribution in [3.8, 4) is 0 Å². The predicted molar refractivity (Wildman–Crippen MR) is 94.7 cm³/mol. The summed E-state index contributed by atoms with van der Waals surface area (Å²) in [7, 11) is 1.88. The van der Waals surface area contributed by atoms with Crippen LogP contribution in [0.5, 0.6) is 0 Å². The van der Waals surface area contributed by atoms with Gasteiger partial charge in [0, 0.05) is 26.1 Å². The van der Waals surface area contributed by atoms with E-state index in [4.69, 9.17) is 0 Å². The molecule has 2 heterocycles. The van der Waals surface area contributed by atoms with Gasteiger partial charge in [0.1, 0.15) is 11.6 Å². The van der Waals surface area contributed by atoms with E-state index >= 15 is 0 Å². The van der Waals surface area contributed by atoms with Crippen LogP contribution in [0, 0.1) is 11.7 Å². The Kier molecular flexibility index (Phi) is 4.46. The number of aryl methyl sites for hydroxylation is 1. The van der Waals surface area contributed by atoms with Gasteiger partial charge in [0.15, 0.2) is 0 Å². The quantitative estimate of drug-likeness (QED) is 0.895. The Morgan fingerprint density at radius 3 is 3.08 bits per heavy atom. The number of hydrogen-bond donors (Lipinski definition) is 2. The molecule has 134 valence electrons. The summed E-state index contributed by atoms with van der Waals surface area (Å²) < 4.78 is 15.3. The van der Waals surface area contributed by atoms with Gasteiger partial charge in [-0.05, 0) is 43.4 Å². The Bertz CT molecular complexity index is 773. The van der Waals surface area contributed by atoms with Gasteiger partial charge in [-0.2, -0.15) is 0 Å². The van der Waals surface area contributed by atoms with Crippen LogP contribution in [0.4, 0.5) is 4.39 Å². The molecule has 1 saturated carbocycles. The molecule has 5 nitrogen and oxygen atoms in total. The first kappa shape index (κ1) is 16.5. The maximum atomic E-state index is 13.4. The van der Waals surface area contributed by atoms with Crippen molar-refractivity contribution in [1.82, 2.24) is 20.2 Å². The van der Waals surface area contributed by atoms with Gasteiger partial charge in [0.05, 0.1) is 17.1 Å². The fourth-order valence-corrected chi connectivity index (χ4v) is 4.38. The van der Waals surface area contributed by atoms with Crippen molar-refractivity contribution in [1.29, 1.82) is 0 Å². The molecular formula is C19H25FN4O. The molecule has 2 fully saturated rings. The van der Waals surface area contributed by atoms with Crippen molar-refractivity contribution in [2.24, 2.45) is 13.0 Å². The highest BCUT2D eigenvalue weighted by Gasteiger charge is 2.37. The van der Waals surface area contributed by atoms with Crippen LogP contribution in [-0.2, 0) is 18.3 Å². The molecule has 2 N–H and O–H groups in total. The summed E-state index contributed by atoms with van der Waals surface area (Å²) >= 11 is 0. The van der Waals surface area contributed by atoms with Gasteiger partial charge < -0.3 is 15.2 Å². The first-order valence-electron chi connectivity index (χ1n) is 9.26. The van der Waals surface area contributed by atoms with E-state index in [1.54, 1.807) is 6.07 Å². The zero-order valence-corrected chi connectivity index (χ0v) is 14.6. The average Bonchev–Trinajstić information content (AvgIpc) is 3.17. The van der Waals surface area contributed by atoms with E-state index in [2.05, 4.69) is 15.6 Å². The number of halogens is 1. The van der Waals surface area contributed by atoms with Crippen LogP contribution in [0.3, 0.4) is 0 Å².